The monoisotopic (exact) mass is 376 g/mol. The van der Waals surface area contributed by atoms with E-state index in [1.807, 2.05) is 68.4 Å². The summed E-state index contributed by atoms with van der Waals surface area (Å²) in [5.74, 6) is 0.805. The number of fused-ring (bicyclic) bond motifs is 1. The van der Waals surface area contributed by atoms with Crippen molar-refractivity contribution in [2.24, 2.45) is 0 Å². The van der Waals surface area contributed by atoms with Crippen molar-refractivity contribution >= 4 is 21.6 Å². The molecule has 4 rings (SSSR count). The first kappa shape index (κ1) is 17.5. The molecule has 0 fully saturated rings. The maximum Gasteiger partial charge on any atom is 0.262 e. The molecule has 0 N–H and O–H groups in total. The second kappa shape index (κ2) is 7.37. The van der Waals surface area contributed by atoms with Gasteiger partial charge in [0.1, 0.15) is 17.2 Å². The zero-order valence-corrected chi connectivity index (χ0v) is 16.1. The lowest BCUT2D eigenvalue weighted by Gasteiger charge is -2.09. The van der Waals surface area contributed by atoms with Gasteiger partial charge in [0.15, 0.2) is 0 Å². The fraction of sp³-hybridized carbons (Fsp3) is 0.182. The molecule has 27 heavy (non-hydrogen) atoms. The molecular weight excluding hydrogens is 356 g/mol. The molecule has 0 aliphatic carbocycles. The van der Waals surface area contributed by atoms with Crippen LogP contribution in [0.4, 0.5) is 0 Å². The van der Waals surface area contributed by atoms with E-state index in [2.05, 4.69) is 4.98 Å². The van der Waals surface area contributed by atoms with Gasteiger partial charge in [0.2, 0.25) is 0 Å². The number of nitrogens with zero attached hydrogens (tertiary/aromatic N) is 2. The van der Waals surface area contributed by atoms with Crippen LogP contribution in [0.5, 0.6) is 5.75 Å². The van der Waals surface area contributed by atoms with Crippen LogP contribution in [-0.2, 0) is 6.54 Å². The number of ether oxygens (including phenoxy) is 1. The molecular formula is C22H20N2O2S. The lowest BCUT2D eigenvalue weighted by Crippen LogP contribution is -2.23. The van der Waals surface area contributed by atoms with Crippen molar-refractivity contribution in [3.8, 4) is 16.9 Å². The lowest BCUT2D eigenvalue weighted by molar-refractivity contribution is 0.296. The van der Waals surface area contributed by atoms with Gasteiger partial charge in [-0.15, -0.1) is 11.3 Å². The Hall–Kier alpha value is -2.92. The van der Waals surface area contributed by atoms with E-state index in [0.717, 1.165) is 26.6 Å². The summed E-state index contributed by atoms with van der Waals surface area (Å²) >= 11 is 1.56. The van der Waals surface area contributed by atoms with E-state index < -0.39 is 0 Å². The number of hydrogen-bond acceptors (Lipinski definition) is 4. The molecule has 0 amide bonds. The quantitative estimate of drug-likeness (QED) is 0.501. The van der Waals surface area contributed by atoms with Crippen LogP contribution in [0.25, 0.3) is 21.3 Å². The van der Waals surface area contributed by atoms with Crippen LogP contribution in [0.1, 0.15) is 10.4 Å². The van der Waals surface area contributed by atoms with Gasteiger partial charge in [-0.2, -0.15) is 0 Å². The normalized spacial score (nSPS) is 11.0. The molecule has 4 aromatic rings. The SMILES string of the molecule is Cc1ccc(OCCn2cnc3sc(C)c(-c4ccccc4)c3c2=O)cc1. The summed E-state index contributed by atoms with van der Waals surface area (Å²) in [4.78, 5) is 19.5. The Bertz CT molecular complexity index is 1130. The molecule has 2 heterocycles. The third kappa shape index (κ3) is 3.51. The molecule has 0 saturated heterocycles. The maximum atomic E-state index is 13.1. The molecule has 0 atom stereocenters. The van der Waals surface area contributed by atoms with Crippen molar-refractivity contribution in [1.82, 2.24) is 9.55 Å². The second-order valence-electron chi connectivity index (χ2n) is 6.48. The Morgan fingerprint density at radius 2 is 1.78 bits per heavy atom. The predicted octanol–water partition coefficient (Wildman–Crippen LogP) is 4.82. The van der Waals surface area contributed by atoms with E-state index in [0.29, 0.717) is 18.5 Å². The van der Waals surface area contributed by atoms with E-state index in [-0.39, 0.29) is 5.56 Å². The van der Waals surface area contributed by atoms with E-state index in [4.69, 9.17) is 4.74 Å². The molecule has 0 aliphatic heterocycles. The topological polar surface area (TPSA) is 44.1 Å². The fourth-order valence-corrected chi connectivity index (χ4v) is 4.15. The van der Waals surface area contributed by atoms with Gasteiger partial charge >= 0.3 is 0 Å². The van der Waals surface area contributed by atoms with Gasteiger partial charge in [0.05, 0.1) is 18.3 Å². The number of rotatable bonds is 5. The average Bonchev–Trinajstić information content (AvgIpc) is 3.02. The summed E-state index contributed by atoms with van der Waals surface area (Å²) in [6, 6.07) is 17.9. The van der Waals surface area contributed by atoms with Crippen LogP contribution in [-0.4, -0.2) is 16.2 Å². The van der Waals surface area contributed by atoms with Crippen LogP contribution in [0.3, 0.4) is 0 Å². The van der Waals surface area contributed by atoms with Crippen LogP contribution < -0.4 is 10.3 Å². The minimum Gasteiger partial charge on any atom is -0.492 e. The van der Waals surface area contributed by atoms with Gasteiger partial charge in [0.25, 0.3) is 5.56 Å². The molecule has 2 aromatic carbocycles. The van der Waals surface area contributed by atoms with Crippen molar-refractivity contribution in [2.45, 2.75) is 20.4 Å². The molecule has 0 radical (unpaired) electrons. The van der Waals surface area contributed by atoms with Crippen LogP contribution in [0.15, 0.2) is 65.7 Å². The van der Waals surface area contributed by atoms with E-state index in [1.165, 1.54) is 5.56 Å². The highest BCUT2D eigenvalue weighted by atomic mass is 32.1. The summed E-state index contributed by atoms with van der Waals surface area (Å²) in [7, 11) is 0. The largest absolute Gasteiger partial charge is 0.492 e. The van der Waals surface area contributed by atoms with Crippen LogP contribution in [0.2, 0.25) is 0 Å². The highest BCUT2D eigenvalue weighted by Gasteiger charge is 2.16. The first-order valence-electron chi connectivity index (χ1n) is 8.87. The smallest absolute Gasteiger partial charge is 0.262 e. The molecule has 4 nitrogen and oxygen atoms in total. The molecule has 5 heteroatoms. The van der Waals surface area contributed by atoms with E-state index >= 15 is 0 Å². The highest BCUT2D eigenvalue weighted by Crippen LogP contribution is 2.35. The number of hydrogen-bond donors (Lipinski definition) is 0. The Labute approximate surface area is 161 Å². The van der Waals surface area contributed by atoms with Crippen LogP contribution in [0, 0.1) is 13.8 Å². The third-order valence-corrected chi connectivity index (χ3v) is 5.55. The van der Waals surface area contributed by atoms with Crippen molar-refractivity contribution in [3.63, 3.8) is 0 Å². The van der Waals surface area contributed by atoms with Gasteiger partial charge in [-0.1, -0.05) is 48.0 Å². The molecule has 0 aliphatic rings. The zero-order chi connectivity index (χ0) is 18.8. The Kier molecular flexibility index (Phi) is 4.77. The second-order valence-corrected chi connectivity index (χ2v) is 7.69. The Balaban J connectivity index is 1.64. The summed E-state index contributed by atoms with van der Waals surface area (Å²) in [6.45, 7) is 4.95. The molecule has 136 valence electrons. The Morgan fingerprint density at radius 3 is 2.52 bits per heavy atom. The number of aryl methyl sites for hydroxylation is 2. The molecule has 0 spiro atoms. The van der Waals surface area contributed by atoms with Crippen molar-refractivity contribution in [1.29, 1.82) is 0 Å². The van der Waals surface area contributed by atoms with Gasteiger partial charge < -0.3 is 4.74 Å². The van der Waals surface area contributed by atoms with Crippen LogP contribution >= 0.6 is 11.3 Å². The zero-order valence-electron chi connectivity index (χ0n) is 15.3. The number of aromatic nitrogens is 2. The number of benzene rings is 2. The first-order valence-corrected chi connectivity index (χ1v) is 9.68. The van der Waals surface area contributed by atoms with Gasteiger partial charge in [-0.25, -0.2) is 4.98 Å². The molecule has 2 aromatic heterocycles. The molecule has 0 bridgehead atoms. The van der Waals surface area contributed by atoms with E-state index in [1.54, 1.807) is 22.2 Å². The maximum absolute atomic E-state index is 13.1. The highest BCUT2D eigenvalue weighted by molar-refractivity contribution is 7.19. The summed E-state index contributed by atoms with van der Waals surface area (Å²) in [5.41, 5.74) is 3.21. The lowest BCUT2D eigenvalue weighted by atomic mass is 10.0. The Morgan fingerprint density at radius 1 is 1.04 bits per heavy atom. The van der Waals surface area contributed by atoms with E-state index in [9.17, 15) is 4.79 Å². The molecule has 0 saturated carbocycles. The summed E-state index contributed by atoms with van der Waals surface area (Å²) in [5, 5.41) is 0.696. The fourth-order valence-electron chi connectivity index (χ4n) is 3.15. The van der Waals surface area contributed by atoms with Gasteiger partial charge in [-0.3, -0.25) is 9.36 Å². The number of thiophene rings is 1. The van der Waals surface area contributed by atoms with Gasteiger partial charge in [0, 0.05) is 10.4 Å². The van der Waals surface area contributed by atoms with Gasteiger partial charge in [-0.05, 0) is 31.5 Å². The predicted molar refractivity (Wildman–Crippen MR) is 111 cm³/mol. The summed E-state index contributed by atoms with van der Waals surface area (Å²) in [6.07, 6.45) is 1.62. The minimum atomic E-state index is -0.0179. The van der Waals surface area contributed by atoms with Crippen molar-refractivity contribution in [3.05, 3.63) is 81.7 Å². The van der Waals surface area contributed by atoms with Crippen molar-refractivity contribution < 1.29 is 4.74 Å². The van der Waals surface area contributed by atoms with Crippen molar-refractivity contribution in [2.75, 3.05) is 6.61 Å². The first-order chi connectivity index (χ1) is 13.1. The minimum absolute atomic E-state index is 0.0179. The summed E-state index contributed by atoms with van der Waals surface area (Å²) < 4.78 is 7.40. The third-order valence-electron chi connectivity index (χ3n) is 4.54. The average molecular weight is 376 g/mol. The standard InChI is InChI=1S/C22H20N2O2S/c1-15-8-10-18(11-9-15)26-13-12-24-14-23-21-20(22(24)25)19(16(2)27-21)17-6-4-3-5-7-17/h3-11,14H,12-13H2,1-2H3. The molecule has 0 unspecified atom stereocenters.